The Balaban J connectivity index is 1.31. The summed E-state index contributed by atoms with van der Waals surface area (Å²) in [5, 5.41) is 4.37. The molecule has 2 saturated heterocycles. The van der Waals surface area contributed by atoms with Crippen molar-refractivity contribution in [3.63, 3.8) is 0 Å². The van der Waals surface area contributed by atoms with E-state index in [0.717, 1.165) is 13.1 Å². The second-order valence-corrected chi connectivity index (χ2v) is 9.80. The van der Waals surface area contributed by atoms with Crippen molar-refractivity contribution in [3.8, 4) is 5.75 Å². The smallest absolute Gasteiger partial charge is 0.243 e. The average Bonchev–Trinajstić information content (AvgIpc) is 3.41. The van der Waals surface area contributed by atoms with Crippen LogP contribution in [0, 0.1) is 0 Å². The summed E-state index contributed by atoms with van der Waals surface area (Å²) in [7, 11) is -3.45. The number of hydrogen-bond acceptors (Lipinski definition) is 6. The fraction of sp³-hybridized carbons (Fsp3) is 0.500. The molecule has 2 fully saturated rings. The summed E-state index contributed by atoms with van der Waals surface area (Å²) in [5.74, 6) is 0.701. The Morgan fingerprint density at radius 1 is 1.11 bits per heavy atom. The third-order valence-electron chi connectivity index (χ3n) is 5.37. The van der Waals surface area contributed by atoms with Crippen molar-refractivity contribution >= 4 is 21.4 Å². The van der Waals surface area contributed by atoms with Gasteiger partial charge in [0.25, 0.3) is 0 Å². The van der Waals surface area contributed by atoms with Crippen LogP contribution in [-0.4, -0.2) is 63.6 Å². The lowest BCUT2D eigenvalue weighted by Gasteiger charge is -2.26. The van der Waals surface area contributed by atoms with Gasteiger partial charge in [0.15, 0.2) is 0 Å². The molecule has 1 aromatic carbocycles. The number of hydrogen-bond donors (Lipinski definition) is 0. The highest BCUT2D eigenvalue weighted by molar-refractivity contribution is 7.89. The number of rotatable bonds is 7. The summed E-state index contributed by atoms with van der Waals surface area (Å²) in [6.45, 7) is 4.27. The zero-order valence-corrected chi connectivity index (χ0v) is 17.5. The molecule has 0 spiro atoms. The summed E-state index contributed by atoms with van der Waals surface area (Å²) in [6.07, 6.45) is 2.42. The number of ether oxygens (including phenoxy) is 2. The van der Waals surface area contributed by atoms with Gasteiger partial charge in [-0.25, -0.2) is 8.42 Å². The highest BCUT2D eigenvalue weighted by Gasteiger charge is 2.27. The lowest BCUT2D eigenvalue weighted by molar-refractivity contribution is 0.0730. The minimum atomic E-state index is -3.45. The molecule has 0 bridgehead atoms. The maximum absolute atomic E-state index is 12.7. The van der Waals surface area contributed by atoms with E-state index in [1.165, 1.54) is 22.7 Å². The van der Waals surface area contributed by atoms with Crippen molar-refractivity contribution in [2.24, 2.45) is 0 Å². The SMILES string of the molecule is O=S(=O)(c1ccc(OCCN2CCC[C@H]2c2ccsc2)cc1)N1CCOCC1. The monoisotopic (exact) mass is 422 g/mol. The summed E-state index contributed by atoms with van der Waals surface area (Å²) >= 11 is 1.75. The molecule has 1 aromatic heterocycles. The van der Waals surface area contributed by atoms with Gasteiger partial charge in [-0.2, -0.15) is 15.6 Å². The molecule has 3 heterocycles. The first-order valence-electron chi connectivity index (χ1n) is 9.71. The van der Waals surface area contributed by atoms with Crippen molar-refractivity contribution in [2.45, 2.75) is 23.8 Å². The number of thiophene rings is 1. The van der Waals surface area contributed by atoms with E-state index in [1.54, 1.807) is 35.6 Å². The quantitative estimate of drug-likeness (QED) is 0.687. The first-order chi connectivity index (χ1) is 13.6. The standard InChI is InChI=1S/C20H26N2O4S2/c23-28(24,22-10-12-25-13-11-22)19-5-3-18(4-6-19)26-14-9-21-8-1-2-20(21)17-7-15-27-16-17/h3-7,15-16,20H,1-2,8-14H2/t20-/m0/s1. The second kappa shape index (κ2) is 8.92. The molecule has 0 aliphatic carbocycles. The van der Waals surface area contributed by atoms with Crippen molar-refractivity contribution in [3.05, 3.63) is 46.7 Å². The van der Waals surface area contributed by atoms with Crippen LogP contribution in [0.5, 0.6) is 5.75 Å². The summed E-state index contributed by atoms with van der Waals surface area (Å²) in [4.78, 5) is 2.78. The average molecular weight is 423 g/mol. The van der Waals surface area contributed by atoms with Crippen LogP contribution >= 0.6 is 11.3 Å². The van der Waals surface area contributed by atoms with Gasteiger partial charge in [-0.1, -0.05) is 0 Å². The van der Waals surface area contributed by atoms with Crippen molar-refractivity contribution in [1.29, 1.82) is 0 Å². The van der Waals surface area contributed by atoms with Crippen LogP contribution < -0.4 is 4.74 Å². The molecule has 0 radical (unpaired) electrons. The van der Waals surface area contributed by atoms with E-state index < -0.39 is 10.0 Å². The lowest BCUT2D eigenvalue weighted by atomic mass is 10.1. The Kier molecular flexibility index (Phi) is 6.32. The van der Waals surface area contributed by atoms with E-state index in [9.17, 15) is 8.42 Å². The van der Waals surface area contributed by atoms with Gasteiger partial charge in [0.2, 0.25) is 10.0 Å². The Hall–Kier alpha value is -1.45. The number of benzene rings is 1. The number of morpholine rings is 1. The van der Waals surface area contributed by atoms with E-state index in [-0.39, 0.29) is 0 Å². The van der Waals surface area contributed by atoms with Crippen molar-refractivity contribution in [2.75, 3.05) is 46.0 Å². The molecular formula is C20H26N2O4S2. The fourth-order valence-corrected chi connectivity index (χ4v) is 5.98. The molecule has 2 aliphatic heterocycles. The normalized spacial score (nSPS) is 21.8. The van der Waals surface area contributed by atoms with Crippen LogP contribution in [0.3, 0.4) is 0 Å². The zero-order valence-electron chi connectivity index (χ0n) is 15.8. The number of likely N-dealkylation sites (tertiary alicyclic amines) is 1. The largest absolute Gasteiger partial charge is 0.492 e. The predicted octanol–water partition coefficient (Wildman–Crippen LogP) is 2.98. The molecule has 4 rings (SSSR count). The molecule has 28 heavy (non-hydrogen) atoms. The molecular weight excluding hydrogens is 396 g/mol. The zero-order chi connectivity index (χ0) is 19.4. The third kappa shape index (κ3) is 4.41. The van der Waals surface area contributed by atoms with Gasteiger partial charge in [0.1, 0.15) is 12.4 Å². The van der Waals surface area contributed by atoms with E-state index in [2.05, 4.69) is 21.7 Å². The van der Waals surface area contributed by atoms with E-state index >= 15 is 0 Å². The lowest BCUT2D eigenvalue weighted by Crippen LogP contribution is -2.40. The van der Waals surface area contributed by atoms with E-state index in [0.29, 0.717) is 49.6 Å². The summed E-state index contributed by atoms with van der Waals surface area (Å²) in [5.41, 5.74) is 1.40. The van der Waals surface area contributed by atoms with Gasteiger partial charge in [-0.05, 0) is 66.0 Å². The van der Waals surface area contributed by atoms with Crippen molar-refractivity contribution in [1.82, 2.24) is 9.21 Å². The first-order valence-corrected chi connectivity index (χ1v) is 12.1. The Morgan fingerprint density at radius 2 is 1.89 bits per heavy atom. The molecule has 0 unspecified atom stereocenters. The Morgan fingerprint density at radius 3 is 2.61 bits per heavy atom. The summed E-state index contributed by atoms with van der Waals surface area (Å²) < 4.78 is 37.9. The van der Waals surface area contributed by atoms with Crippen LogP contribution in [0.4, 0.5) is 0 Å². The fourth-order valence-electron chi connectivity index (χ4n) is 3.86. The van der Waals surface area contributed by atoms with Crippen molar-refractivity contribution < 1.29 is 17.9 Å². The molecule has 2 aromatic rings. The van der Waals surface area contributed by atoms with Gasteiger partial charge in [0, 0.05) is 25.7 Å². The van der Waals surface area contributed by atoms with Gasteiger partial charge in [0.05, 0.1) is 18.1 Å². The predicted molar refractivity (Wildman–Crippen MR) is 109 cm³/mol. The molecule has 8 heteroatoms. The molecule has 1 atom stereocenters. The first kappa shape index (κ1) is 19.8. The topological polar surface area (TPSA) is 59.1 Å². The Bertz CT molecular complexity index is 847. The van der Waals surface area contributed by atoms with Crippen LogP contribution in [-0.2, 0) is 14.8 Å². The molecule has 152 valence electrons. The highest BCUT2D eigenvalue weighted by atomic mass is 32.2. The highest BCUT2D eigenvalue weighted by Crippen LogP contribution is 2.32. The van der Waals surface area contributed by atoms with Gasteiger partial charge >= 0.3 is 0 Å². The molecule has 0 amide bonds. The number of nitrogens with zero attached hydrogens (tertiary/aromatic N) is 2. The maximum Gasteiger partial charge on any atom is 0.243 e. The van der Waals surface area contributed by atoms with Crippen LogP contribution in [0.2, 0.25) is 0 Å². The van der Waals surface area contributed by atoms with E-state index in [4.69, 9.17) is 9.47 Å². The second-order valence-electron chi connectivity index (χ2n) is 7.09. The Labute approximate surface area is 170 Å². The third-order valence-corrected chi connectivity index (χ3v) is 7.98. The van der Waals surface area contributed by atoms with Crippen LogP contribution in [0.15, 0.2) is 46.0 Å². The van der Waals surface area contributed by atoms with Gasteiger partial charge in [-0.15, -0.1) is 0 Å². The summed E-state index contributed by atoms with van der Waals surface area (Å²) in [6, 6.07) is 9.45. The number of sulfonamides is 1. The minimum Gasteiger partial charge on any atom is -0.492 e. The van der Waals surface area contributed by atoms with Crippen LogP contribution in [0.1, 0.15) is 24.4 Å². The maximum atomic E-state index is 12.7. The van der Waals surface area contributed by atoms with Crippen LogP contribution in [0.25, 0.3) is 0 Å². The minimum absolute atomic E-state index is 0.304. The molecule has 0 saturated carbocycles. The van der Waals surface area contributed by atoms with E-state index in [1.807, 2.05) is 0 Å². The molecule has 0 N–H and O–H groups in total. The molecule has 2 aliphatic rings. The van der Waals surface area contributed by atoms with Gasteiger partial charge < -0.3 is 9.47 Å². The molecule has 6 nitrogen and oxygen atoms in total. The van der Waals surface area contributed by atoms with Gasteiger partial charge in [-0.3, -0.25) is 4.90 Å².